The molecule has 1 amide bonds. The van der Waals surface area contributed by atoms with Crippen molar-refractivity contribution in [3.05, 3.63) is 53.6 Å². The lowest BCUT2D eigenvalue weighted by molar-refractivity contribution is -0.131. The summed E-state index contributed by atoms with van der Waals surface area (Å²) in [6.45, 7) is 0.771. The van der Waals surface area contributed by atoms with Gasteiger partial charge in [-0.2, -0.15) is 0 Å². The van der Waals surface area contributed by atoms with E-state index in [2.05, 4.69) is 0 Å². The maximum Gasteiger partial charge on any atom is 0.227 e. The number of rotatable bonds is 6. The van der Waals surface area contributed by atoms with E-state index in [1.165, 1.54) is 0 Å². The molecule has 2 aromatic rings. The number of carbonyl (C=O) groups excluding carboxylic acids is 1. The van der Waals surface area contributed by atoms with Crippen LogP contribution in [0.15, 0.2) is 42.5 Å². The Labute approximate surface area is 154 Å². The molecule has 0 radical (unpaired) electrons. The summed E-state index contributed by atoms with van der Waals surface area (Å²) in [6, 6.07) is 13.6. The molecule has 26 heavy (non-hydrogen) atoms. The molecule has 1 heterocycles. The maximum atomic E-state index is 13.0. The fourth-order valence-electron chi connectivity index (χ4n) is 3.59. The van der Waals surface area contributed by atoms with Gasteiger partial charge in [-0.3, -0.25) is 4.79 Å². The molecule has 1 aliphatic heterocycles. The minimum atomic E-state index is 0.0667. The van der Waals surface area contributed by atoms with E-state index in [-0.39, 0.29) is 11.9 Å². The number of ether oxygens (including phenoxy) is 3. The summed E-state index contributed by atoms with van der Waals surface area (Å²) in [5.74, 6) is 2.25. The predicted molar refractivity (Wildman–Crippen MR) is 99.9 cm³/mol. The third kappa shape index (κ3) is 3.62. The van der Waals surface area contributed by atoms with E-state index in [1.807, 2.05) is 47.4 Å². The molecule has 0 saturated carbocycles. The normalized spacial score (nSPS) is 16.4. The highest BCUT2D eigenvalue weighted by molar-refractivity contribution is 5.80. The van der Waals surface area contributed by atoms with Crippen molar-refractivity contribution in [3.8, 4) is 17.2 Å². The topological polar surface area (TPSA) is 48.0 Å². The Morgan fingerprint density at radius 3 is 2.46 bits per heavy atom. The number of nitrogens with zero attached hydrogens (tertiary/aromatic N) is 1. The molecule has 5 nitrogen and oxygen atoms in total. The van der Waals surface area contributed by atoms with Gasteiger partial charge in [0, 0.05) is 12.1 Å². The minimum Gasteiger partial charge on any atom is -0.496 e. The molecule has 1 fully saturated rings. The van der Waals surface area contributed by atoms with Gasteiger partial charge in [0.2, 0.25) is 5.91 Å². The molecule has 5 heteroatoms. The van der Waals surface area contributed by atoms with Gasteiger partial charge >= 0.3 is 0 Å². The number of para-hydroxylation sites is 1. The second-order valence-corrected chi connectivity index (χ2v) is 6.35. The van der Waals surface area contributed by atoms with Crippen molar-refractivity contribution in [2.45, 2.75) is 25.3 Å². The first-order valence-corrected chi connectivity index (χ1v) is 8.81. The van der Waals surface area contributed by atoms with Crippen molar-refractivity contribution in [1.29, 1.82) is 0 Å². The van der Waals surface area contributed by atoms with E-state index in [9.17, 15) is 4.79 Å². The lowest BCUT2D eigenvalue weighted by atomic mass is 10.0. The van der Waals surface area contributed by atoms with E-state index in [4.69, 9.17) is 14.2 Å². The summed E-state index contributed by atoms with van der Waals surface area (Å²) in [5.41, 5.74) is 1.99. The highest BCUT2D eigenvalue weighted by Gasteiger charge is 2.30. The lowest BCUT2D eigenvalue weighted by Gasteiger charge is -2.26. The third-order valence-corrected chi connectivity index (χ3v) is 4.90. The summed E-state index contributed by atoms with van der Waals surface area (Å²) in [4.78, 5) is 14.9. The highest BCUT2D eigenvalue weighted by Crippen LogP contribution is 2.37. The average molecular weight is 355 g/mol. The molecule has 3 rings (SSSR count). The molecule has 0 unspecified atom stereocenters. The SMILES string of the molecule is COc1ccccc1CC(=O)N1CCC[C@H]1c1ccc(OC)c(OC)c1. The van der Waals surface area contributed by atoms with Gasteiger partial charge in [-0.25, -0.2) is 0 Å². The average Bonchev–Trinajstić information content (AvgIpc) is 3.17. The van der Waals surface area contributed by atoms with E-state index < -0.39 is 0 Å². The van der Waals surface area contributed by atoms with E-state index in [0.717, 1.165) is 36.3 Å². The number of hydrogen-bond acceptors (Lipinski definition) is 4. The van der Waals surface area contributed by atoms with Gasteiger partial charge in [0.25, 0.3) is 0 Å². The molecular weight excluding hydrogens is 330 g/mol. The first-order valence-electron chi connectivity index (χ1n) is 8.81. The number of carbonyl (C=O) groups is 1. The Morgan fingerprint density at radius 1 is 1.00 bits per heavy atom. The van der Waals surface area contributed by atoms with Gasteiger partial charge in [0.05, 0.1) is 33.8 Å². The van der Waals surface area contributed by atoms with Crippen molar-refractivity contribution in [2.75, 3.05) is 27.9 Å². The highest BCUT2D eigenvalue weighted by atomic mass is 16.5. The van der Waals surface area contributed by atoms with Crippen LogP contribution >= 0.6 is 0 Å². The largest absolute Gasteiger partial charge is 0.496 e. The molecule has 1 atom stereocenters. The van der Waals surface area contributed by atoms with Crippen molar-refractivity contribution >= 4 is 5.91 Å². The van der Waals surface area contributed by atoms with Gasteiger partial charge in [-0.1, -0.05) is 24.3 Å². The van der Waals surface area contributed by atoms with Crippen LogP contribution < -0.4 is 14.2 Å². The fraction of sp³-hybridized carbons (Fsp3) is 0.381. The molecule has 0 spiro atoms. The maximum absolute atomic E-state index is 13.0. The second-order valence-electron chi connectivity index (χ2n) is 6.35. The Kier molecular flexibility index (Phi) is 5.66. The summed E-state index contributed by atoms with van der Waals surface area (Å²) >= 11 is 0. The molecule has 2 aromatic carbocycles. The van der Waals surface area contributed by atoms with Crippen LogP contribution in [0.3, 0.4) is 0 Å². The number of likely N-dealkylation sites (tertiary alicyclic amines) is 1. The zero-order valence-corrected chi connectivity index (χ0v) is 15.5. The van der Waals surface area contributed by atoms with Gasteiger partial charge in [-0.15, -0.1) is 0 Å². The lowest BCUT2D eigenvalue weighted by Crippen LogP contribution is -2.32. The smallest absolute Gasteiger partial charge is 0.227 e. The molecule has 1 saturated heterocycles. The minimum absolute atomic E-state index is 0.0667. The first-order chi connectivity index (χ1) is 12.7. The number of amides is 1. The Morgan fingerprint density at radius 2 is 1.73 bits per heavy atom. The quantitative estimate of drug-likeness (QED) is 0.794. The third-order valence-electron chi connectivity index (χ3n) is 4.90. The van der Waals surface area contributed by atoms with Crippen LogP contribution in [0.1, 0.15) is 30.0 Å². The van der Waals surface area contributed by atoms with Crippen LogP contribution in [0.4, 0.5) is 0 Å². The molecule has 1 aliphatic rings. The Bertz CT molecular complexity index is 774. The molecular formula is C21H25NO4. The molecule has 0 aromatic heterocycles. The van der Waals surface area contributed by atoms with E-state index in [1.54, 1.807) is 21.3 Å². The number of methoxy groups -OCH3 is 3. The Balaban J connectivity index is 1.80. The number of hydrogen-bond donors (Lipinski definition) is 0. The molecule has 138 valence electrons. The van der Waals surface area contributed by atoms with Crippen molar-refractivity contribution in [1.82, 2.24) is 4.90 Å². The van der Waals surface area contributed by atoms with Gasteiger partial charge in [-0.05, 0) is 36.6 Å². The molecule has 0 bridgehead atoms. The standard InChI is InChI=1S/C21H25NO4/c1-24-18-9-5-4-7-16(18)14-21(23)22-12-6-8-17(22)15-10-11-19(25-2)20(13-15)26-3/h4-5,7,9-11,13,17H,6,8,12,14H2,1-3H3/t17-/m0/s1. The van der Waals surface area contributed by atoms with Crippen LogP contribution in [0.2, 0.25) is 0 Å². The van der Waals surface area contributed by atoms with Gasteiger partial charge in [0.15, 0.2) is 11.5 Å². The van der Waals surface area contributed by atoms with Crippen molar-refractivity contribution in [2.24, 2.45) is 0 Å². The zero-order valence-electron chi connectivity index (χ0n) is 15.5. The Hall–Kier alpha value is -2.69. The second kappa shape index (κ2) is 8.13. The van der Waals surface area contributed by atoms with Gasteiger partial charge in [0.1, 0.15) is 5.75 Å². The fourth-order valence-corrected chi connectivity index (χ4v) is 3.59. The van der Waals surface area contributed by atoms with E-state index in [0.29, 0.717) is 17.9 Å². The molecule has 0 aliphatic carbocycles. The summed E-state index contributed by atoms with van der Waals surface area (Å²) in [5, 5.41) is 0. The van der Waals surface area contributed by atoms with Crippen molar-refractivity contribution in [3.63, 3.8) is 0 Å². The van der Waals surface area contributed by atoms with Crippen LogP contribution in [-0.2, 0) is 11.2 Å². The number of benzene rings is 2. The zero-order chi connectivity index (χ0) is 18.5. The summed E-state index contributed by atoms with van der Waals surface area (Å²) < 4.78 is 16.1. The van der Waals surface area contributed by atoms with Crippen molar-refractivity contribution < 1.29 is 19.0 Å². The van der Waals surface area contributed by atoms with Gasteiger partial charge < -0.3 is 19.1 Å². The predicted octanol–water partition coefficient (Wildman–Crippen LogP) is 3.62. The first kappa shape index (κ1) is 18.1. The van der Waals surface area contributed by atoms with Crippen LogP contribution in [0.5, 0.6) is 17.2 Å². The van der Waals surface area contributed by atoms with Crippen LogP contribution in [-0.4, -0.2) is 38.7 Å². The summed E-state index contributed by atoms with van der Waals surface area (Å²) in [6.07, 6.45) is 2.29. The van der Waals surface area contributed by atoms with Crippen LogP contribution in [0.25, 0.3) is 0 Å². The van der Waals surface area contributed by atoms with Crippen LogP contribution in [0, 0.1) is 0 Å². The monoisotopic (exact) mass is 355 g/mol. The molecule has 0 N–H and O–H groups in total. The van der Waals surface area contributed by atoms with E-state index >= 15 is 0 Å². The summed E-state index contributed by atoms with van der Waals surface area (Å²) in [7, 11) is 4.88.